The standard InChI is InChI=1S/C25H26BrN3O5S/c1-4-34-25(31)23-21(15-35(32,33)14-17-8-6-5-7-9-17)28(3)20-12-19(26)24(30)18(22(20)23)13-29-11-10-27-16(29)2/h5-12,30H,4,13-15H2,1-3H3. The summed E-state index contributed by atoms with van der Waals surface area (Å²) in [7, 11) is -1.92. The summed E-state index contributed by atoms with van der Waals surface area (Å²) < 4.78 is 35.7. The first-order chi connectivity index (χ1) is 16.6. The lowest BCUT2D eigenvalue weighted by Crippen LogP contribution is -2.15. The number of fused-ring (bicyclic) bond motifs is 1. The van der Waals surface area contributed by atoms with Gasteiger partial charge < -0.3 is 19.0 Å². The molecular formula is C25H26BrN3O5S. The number of nitrogens with zero attached hydrogens (tertiary/aromatic N) is 3. The lowest BCUT2D eigenvalue weighted by atomic mass is 10.0. The molecule has 0 saturated heterocycles. The van der Waals surface area contributed by atoms with Crippen LogP contribution in [0, 0.1) is 6.92 Å². The molecular weight excluding hydrogens is 534 g/mol. The van der Waals surface area contributed by atoms with Gasteiger partial charge in [-0.25, -0.2) is 18.2 Å². The Kier molecular flexibility index (Phi) is 7.05. The van der Waals surface area contributed by atoms with Crippen LogP contribution in [0.5, 0.6) is 5.75 Å². The van der Waals surface area contributed by atoms with Crippen LogP contribution >= 0.6 is 15.9 Å². The summed E-state index contributed by atoms with van der Waals surface area (Å²) in [5, 5.41) is 11.5. The molecule has 10 heteroatoms. The van der Waals surface area contributed by atoms with E-state index in [4.69, 9.17) is 4.74 Å². The minimum atomic E-state index is -3.64. The van der Waals surface area contributed by atoms with Gasteiger partial charge in [0.15, 0.2) is 9.84 Å². The molecule has 0 saturated carbocycles. The van der Waals surface area contributed by atoms with Crippen molar-refractivity contribution in [3.8, 4) is 5.75 Å². The number of esters is 1. The maximum atomic E-state index is 13.2. The first kappa shape index (κ1) is 25.0. The Balaban J connectivity index is 1.93. The number of rotatable bonds is 8. The molecule has 184 valence electrons. The van der Waals surface area contributed by atoms with E-state index in [1.54, 1.807) is 61.3 Å². The van der Waals surface area contributed by atoms with Crippen LogP contribution in [-0.2, 0) is 39.7 Å². The zero-order valence-corrected chi connectivity index (χ0v) is 22.1. The van der Waals surface area contributed by atoms with Gasteiger partial charge in [0.25, 0.3) is 0 Å². The van der Waals surface area contributed by atoms with Crippen molar-refractivity contribution in [1.82, 2.24) is 14.1 Å². The highest BCUT2D eigenvalue weighted by atomic mass is 79.9. The fourth-order valence-electron chi connectivity index (χ4n) is 4.25. The topological polar surface area (TPSA) is 103 Å². The molecule has 1 N–H and O–H groups in total. The molecule has 4 rings (SSSR count). The quantitative estimate of drug-likeness (QED) is 0.319. The molecule has 2 heterocycles. The molecule has 2 aromatic carbocycles. The van der Waals surface area contributed by atoms with Crippen molar-refractivity contribution in [3.05, 3.63) is 81.5 Å². The Hall–Kier alpha value is -3.11. The highest BCUT2D eigenvalue weighted by Crippen LogP contribution is 2.40. The lowest BCUT2D eigenvalue weighted by Gasteiger charge is -2.12. The van der Waals surface area contributed by atoms with Crippen LogP contribution in [0.1, 0.15) is 39.9 Å². The number of aromatic nitrogens is 3. The van der Waals surface area contributed by atoms with Crippen molar-refractivity contribution < 1.29 is 23.1 Å². The molecule has 0 fully saturated rings. The number of hydrogen-bond donors (Lipinski definition) is 1. The van der Waals surface area contributed by atoms with Crippen molar-refractivity contribution in [3.63, 3.8) is 0 Å². The van der Waals surface area contributed by atoms with E-state index in [0.29, 0.717) is 32.2 Å². The molecule has 0 unspecified atom stereocenters. The summed E-state index contributed by atoms with van der Waals surface area (Å²) >= 11 is 3.41. The summed E-state index contributed by atoms with van der Waals surface area (Å²) in [5.74, 6) is -0.442. The maximum absolute atomic E-state index is 13.2. The maximum Gasteiger partial charge on any atom is 0.340 e. The van der Waals surface area contributed by atoms with Crippen molar-refractivity contribution in [1.29, 1.82) is 0 Å². The number of carbonyl (C=O) groups excluding carboxylic acids is 1. The molecule has 8 nitrogen and oxygen atoms in total. The van der Waals surface area contributed by atoms with Crippen LogP contribution in [0.15, 0.2) is 53.3 Å². The fraction of sp³-hybridized carbons (Fsp3) is 0.280. The highest BCUT2D eigenvalue weighted by molar-refractivity contribution is 9.10. The number of carbonyl (C=O) groups is 1. The molecule has 2 aromatic heterocycles. The summed E-state index contributed by atoms with van der Waals surface area (Å²) in [6, 6.07) is 10.6. The van der Waals surface area contributed by atoms with Gasteiger partial charge in [-0.05, 0) is 41.4 Å². The van der Waals surface area contributed by atoms with E-state index in [2.05, 4.69) is 20.9 Å². The van der Waals surface area contributed by atoms with Gasteiger partial charge in [-0.1, -0.05) is 30.3 Å². The average Bonchev–Trinajstić information content (AvgIpc) is 3.32. The number of sulfone groups is 1. The van der Waals surface area contributed by atoms with Gasteiger partial charge in [0.05, 0.1) is 40.2 Å². The molecule has 0 atom stereocenters. The smallest absolute Gasteiger partial charge is 0.340 e. The van der Waals surface area contributed by atoms with Crippen LogP contribution in [0.4, 0.5) is 0 Å². The number of hydrogen-bond acceptors (Lipinski definition) is 6. The minimum Gasteiger partial charge on any atom is -0.506 e. The second-order valence-corrected chi connectivity index (χ2v) is 11.2. The van der Waals surface area contributed by atoms with Gasteiger partial charge in [0, 0.05) is 36.1 Å². The van der Waals surface area contributed by atoms with Crippen LogP contribution < -0.4 is 0 Å². The number of phenols is 1. The predicted molar refractivity (Wildman–Crippen MR) is 137 cm³/mol. The van der Waals surface area contributed by atoms with Crippen molar-refractivity contribution in [2.75, 3.05) is 6.61 Å². The summed E-state index contributed by atoms with van der Waals surface area (Å²) in [5.41, 5.74) is 2.21. The highest BCUT2D eigenvalue weighted by Gasteiger charge is 2.30. The van der Waals surface area contributed by atoms with E-state index in [9.17, 15) is 18.3 Å². The molecule has 0 spiro atoms. The van der Waals surface area contributed by atoms with Crippen molar-refractivity contribution >= 4 is 42.6 Å². The monoisotopic (exact) mass is 559 g/mol. The molecule has 0 aliphatic heterocycles. The number of imidazole rings is 1. The Bertz CT molecular complexity index is 1510. The van der Waals surface area contributed by atoms with Gasteiger partial charge in [-0.15, -0.1) is 0 Å². The van der Waals surface area contributed by atoms with E-state index in [-0.39, 0.29) is 36.0 Å². The summed E-state index contributed by atoms with van der Waals surface area (Å²) in [6.07, 6.45) is 3.43. The Labute approximate surface area is 212 Å². The number of benzene rings is 2. The van der Waals surface area contributed by atoms with E-state index in [0.717, 1.165) is 5.82 Å². The van der Waals surface area contributed by atoms with E-state index < -0.39 is 15.8 Å². The van der Waals surface area contributed by atoms with Gasteiger partial charge in [0.2, 0.25) is 0 Å². The summed E-state index contributed by atoms with van der Waals surface area (Å²) in [4.78, 5) is 17.4. The normalized spacial score (nSPS) is 11.8. The average molecular weight is 560 g/mol. The number of phenolic OH excluding ortho intramolecular Hbond substituents is 1. The molecule has 35 heavy (non-hydrogen) atoms. The number of aryl methyl sites for hydroxylation is 2. The molecule has 0 aliphatic rings. The zero-order chi connectivity index (χ0) is 25.3. The van der Waals surface area contributed by atoms with Crippen molar-refractivity contribution in [2.24, 2.45) is 7.05 Å². The third-order valence-corrected chi connectivity index (χ3v) is 8.05. The summed E-state index contributed by atoms with van der Waals surface area (Å²) in [6.45, 7) is 3.90. The van der Waals surface area contributed by atoms with Crippen LogP contribution in [0.2, 0.25) is 0 Å². The third kappa shape index (κ3) is 4.99. The first-order valence-corrected chi connectivity index (χ1v) is 13.6. The predicted octanol–water partition coefficient (Wildman–Crippen LogP) is 4.49. The van der Waals surface area contributed by atoms with Gasteiger partial charge >= 0.3 is 5.97 Å². The van der Waals surface area contributed by atoms with Gasteiger partial charge in [-0.3, -0.25) is 0 Å². The number of aromatic hydroxyl groups is 1. The van der Waals surface area contributed by atoms with Crippen LogP contribution in [-0.4, -0.2) is 40.2 Å². The first-order valence-electron chi connectivity index (χ1n) is 11.0. The van der Waals surface area contributed by atoms with Crippen molar-refractivity contribution in [2.45, 2.75) is 31.9 Å². The fourth-order valence-corrected chi connectivity index (χ4v) is 6.27. The molecule has 4 aromatic rings. The zero-order valence-electron chi connectivity index (χ0n) is 19.7. The minimum absolute atomic E-state index is 0.0274. The largest absolute Gasteiger partial charge is 0.506 e. The second-order valence-electron chi connectivity index (χ2n) is 8.30. The second kappa shape index (κ2) is 9.87. The molecule has 0 bridgehead atoms. The van der Waals surface area contributed by atoms with Gasteiger partial charge in [-0.2, -0.15) is 0 Å². The SMILES string of the molecule is CCOC(=O)c1c(CS(=O)(=O)Cc2ccccc2)n(C)c2cc(Br)c(O)c(Cn3ccnc3C)c12. The Morgan fingerprint density at radius 3 is 2.54 bits per heavy atom. The molecule has 0 radical (unpaired) electrons. The van der Waals surface area contributed by atoms with Crippen LogP contribution in [0.25, 0.3) is 10.9 Å². The number of halogens is 1. The third-order valence-electron chi connectivity index (χ3n) is 5.96. The Morgan fingerprint density at radius 1 is 1.20 bits per heavy atom. The van der Waals surface area contributed by atoms with E-state index in [1.807, 2.05) is 17.6 Å². The number of ether oxygens (including phenoxy) is 1. The lowest BCUT2D eigenvalue weighted by molar-refractivity contribution is 0.0527. The van der Waals surface area contributed by atoms with E-state index >= 15 is 0 Å². The van der Waals surface area contributed by atoms with Crippen LogP contribution in [0.3, 0.4) is 0 Å². The van der Waals surface area contributed by atoms with E-state index in [1.165, 1.54) is 0 Å². The van der Waals surface area contributed by atoms with Gasteiger partial charge in [0.1, 0.15) is 11.6 Å². The Morgan fingerprint density at radius 2 is 1.91 bits per heavy atom. The molecule has 0 amide bonds. The molecule has 0 aliphatic carbocycles.